The molecule has 0 aliphatic carbocycles. The summed E-state index contributed by atoms with van der Waals surface area (Å²) in [5, 5.41) is 4.57. The van der Waals surface area contributed by atoms with E-state index in [0.29, 0.717) is 17.5 Å². The van der Waals surface area contributed by atoms with Crippen LogP contribution in [0.25, 0.3) is 94.7 Å². The fourth-order valence-corrected chi connectivity index (χ4v) is 7.67. The van der Waals surface area contributed by atoms with Crippen LogP contribution in [0.3, 0.4) is 0 Å². The Bertz CT molecular complexity index is 2940. The van der Waals surface area contributed by atoms with E-state index in [4.69, 9.17) is 19.4 Å². The highest BCUT2D eigenvalue weighted by Gasteiger charge is 2.19. The van der Waals surface area contributed by atoms with E-state index in [1.165, 1.54) is 34.9 Å². The predicted molar refractivity (Wildman–Crippen MR) is 222 cm³/mol. The summed E-state index contributed by atoms with van der Waals surface area (Å²) in [6.07, 6.45) is 3.54. The van der Waals surface area contributed by atoms with E-state index in [2.05, 4.69) is 133 Å². The molecule has 258 valence electrons. The average molecular weight is 697 g/mol. The molecule has 0 fully saturated rings. The van der Waals surface area contributed by atoms with Crippen LogP contribution in [0.2, 0.25) is 0 Å². The Morgan fingerprint density at radius 2 is 1.00 bits per heavy atom. The summed E-state index contributed by atoms with van der Waals surface area (Å²) in [4.78, 5) is 15.0. The van der Waals surface area contributed by atoms with Gasteiger partial charge in [0.05, 0.1) is 11.0 Å². The van der Waals surface area contributed by atoms with Crippen molar-refractivity contribution in [1.82, 2.24) is 19.5 Å². The van der Waals surface area contributed by atoms with Crippen molar-refractivity contribution in [3.8, 4) is 51.0 Å². The number of furan rings is 1. The molecular weight excluding hydrogens is 661 g/mol. The quantitative estimate of drug-likeness (QED) is 0.159. The molecule has 3 aromatic heterocycles. The summed E-state index contributed by atoms with van der Waals surface area (Å²) >= 11 is 0. The summed E-state index contributed by atoms with van der Waals surface area (Å²) in [6, 6.07) is 57.3. The Kier molecular flexibility index (Phi) is 7.84. The van der Waals surface area contributed by atoms with Gasteiger partial charge in [-0.05, 0) is 72.0 Å². The second kappa shape index (κ2) is 13.3. The number of aromatic nitrogens is 4. The number of hydrogen-bond acceptors (Lipinski definition) is 4. The first-order valence-corrected chi connectivity index (χ1v) is 18.7. The molecule has 3 heterocycles. The van der Waals surface area contributed by atoms with Gasteiger partial charge in [0.2, 0.25) is 0 Å². The molecule has 10 aromatic rings. The van der Waals surface area contributed by atoms with Crippen LogP contribution in [0.15, 0.2) is 168 Å². The molecule has 5 nitrogen and oxygen atoms in total. The first kappa shape index (κ1) is 31.9. The van der Waals surface area contributed by atoms with Crippen LogP contribution in [-0.2, 0) is 6.42 Å². The van der Waals surface area contributed by atoms with Crippen LogP contribution in [-0.4, -0.2) is 19.5 Å². The van der Waals surface area contributed by atoms with E-state index in [1.54, 1.807) is 0 Å². The standard InChI is InChI=1S/C49H36N4O/c1-2-3-11-32-18-20-33(21-19-32)34-22-24-36(25-23-34)48-50-47(35-12-5-4-6-13-35)51-49(52-48)37-26-28-38(29-27-37)53-43-16-9-7-14-39(43)41-30-31-42-40-15-8-10-17-44(40)54-46(42)45(41)53/h4-10,12-31H,2-3,11H2,1H3. The van der Waals surface area contributed by atoms with Crippen molar-refractivity contribution < 1.29 is 4.42 Å². The molecule has 7 aromatic carbocycles. The minimum absolute atomic E-state index is 0.624. The third-order valence-corrected chi connectivity index (χ3v) is 10.5. The van der Waals surface area contributed by atoms with Gasteiger partial charge in [-0.25, -0.2) is 15.0 Å². The number of nitrogens with zero attached hydrogens (tertiary/aromatic N) is 4. The van der Waals surface area contributed by atoms with Gasteiger partial charge in [-0.15, -0.1) is 0 Å². The maximum Gasteiger partial charge on any atom is 0.164 e. The van der Waals surface area contributed by atoms with Crippen LogP contribution in [0, 0.1) is 0 Å². The minimum Gasteiger partial charge on any atom is -0.454 e. The number of para-hydroxylation sites is 2. The lowest BCUT2D eigenvalue weighted by Gasteiger charge is -2.11. The van der Waals surface area contributed by atoms with Gasteiger partial charge in [0.1, 0.15) is 5.58 Å². The molecule has 54 heavy (non-hydrogen) atoms. The Hall–Kier alpha value is -6.85. The predicted octanol–water partition coefficient (Wildman–Crippen LogP) is 12.9. The third kappa shape index (κ3) is 5.53. The Morgan fingerprint density at radius 1 is 0.463 bits per heavy atom. The largest absolute Gasteiger partial charge is 0.454 e. The highest BCUT2D eigenvalue weighted by molar-refractivity contribution is 6.21. The minimum atomic E-state index is 0.624. The number of unbranched alkanes of at least 4 members (excludes halogenated alkanes) is 1. The van der Waals surface area contributed by atoms with Crippen molar-refractivity contribution in [3.05, 3.63) is 169 Å². The van der Waals surface area contributed by atoms with Crippen molar-refractivity contribution >= 4 is 43.7 Å². The van der Waals surface area contributed by atoms with Gasteiger partial charge in [-0.3, -0.25) is 0 Å². The molecule has 0 bridgehead atoms. The van der Waals surface area contributed by atoms with Crippen LogP contribution in [0.5, 0.6) is 0 Å². The second-order valence-corrected chi connectivity index (χ2v) is 13.9. The van der Waals surface area contributed by atoms with Gasteiger partial charge in [-0.2, -0.15) is 0 Å². The zero-order valence-corrected chi connectivity index (χ0v) is 29.9. The maximum absolute atomic E-state index is 6.56. The summed E-state index contributed by atoms with van der Waals surface area (Å²) in [6.45, 7) is 2.23. The molecule has 0 saturated carbocycles. The van der Waals surface area contributed by atoms with E-state index in [-0.39, 0.29) is 0 Å². The van der Waals surface area contributed by atoms with Crippen LogP contribution < -0.4 is 0 Å². The number of fused-ring (bicyclic) bond motifs is 7. The number of aryl methyl sites for hydroxylation is 1. The Morgan fingerprint density at radius 3 is 1.69 bits per heavy atom. The molecular formula is C49H36N4O. The smallest absolute Gasteiger partial charge is 0.164 e. The van der Waals surface area contributed by atoms with Crippen LogP contribution in [0.4, 0.5) is 0 Å². The summed E-state index contributed by atoms with van der Waals surface area (Å²) in [7, 11) is 0. The molecule has 0 N–H and O–H groups in total. The second-order valence-electron chi connectivity index (χ2n) is 13.9. The molecule has 0 radical (unpaired) electrons. The van der Waals surface area contributed by atoms with Crippen LogP contribution in [0.1, 0.15) is 25.3 Å². The van der Waals surface area contributed by atoms with E-state index in [9.17, 15) is 0 Å². The first-order valence-electron chi connectivity index (χ1n) is 18.7. The molecule has 0 spiro atoms. The summed E-state index contributed by atoms with van der Waals surface area (Å²) in [5.41, 5.74) is 11.5. The van der Waals surface area contributed by atoms with E-state index in [1.807, 2.05) is 42.5 Å². The van der Waals surface area contributed by atoms with Gasteiger partial charge >= 0.3 is 0 Å². The van der Waals surface area contributed by atoms with Crippen molar-refractivity contribution in [2.24, 2.45) is 0 Å². The first-order chi connectivity index (χ1) is 26.7. The SMILES string of the molecule is CCCCc1ccc(-c2ccc(-c3nc(-c4ccccc4)nc(-c4ccc(-n5c6ccccc6c6ccc7c8ccccc8oc7c65)cc4)n3)cc2)cc1. The Labute approximate surface area is 313 Å². The lowest BCUT2D eigenvalue weighted by atomic mass is 10.0. The number of benzene rings is 7. The van der Waals surface area contributed by atoms with Gasteiger partial charge in [0, 0.05) is 43.9 Å². The zero-order valence-electron chi connectivity index (χ0n) is 29.9. The van der Waals surface area contributed by atoms with Crippen molar-refractivity contribution in [2.45, 2.75) is 26.2 Å². The van der Waals surface area contributed by atoms with Crippen LogP contribution >= 0.6 is 0 Å². The normalized spacial score (nSPS) is 11.6. The molecule has 0 aliphatic heterocycles. The monoisotopic (exact) mass is 696 g/mol. The van der Waals surface area contributed by atoms with E-state index >= 15 is 0 Å². The maximum atomic E-state index is 6.56. The molecule has 0 saturated heterocycles. The van der Waals surface area contributed by atoms with Gasteiger partial charge in [0.15, 0.2) is 23.1 Å². The molecule has 0 atom stereocenters. The molecule has 10 rings (SSSR count). The lowest BCUT2D eigenvalue weighted by molar-refractivity contribution is 0.671. The lowest BCUT2D eigenvalue weighted by Crippen LogP contribution is -2.00. The molecule has 0 unspecified atom stereocenters. The molecule has 0 amide bonds. The Balaban J connectivity index is 1.06. The number of rotatable bonds is 8. The van der Waals surface area contributed by atoms with E-state index in [0.717, 1.165) is 67.2 Å². The topological polar surface area (TPSA) is 56.7 Å². The van der Waals surface area contributed by atoms with Gasteiger partial charge in [0.25, 0.3) is 0 Å². The fraction of sp³-hybridized carbons (Fsp3) is 0.0816. The fourth-order valence-electron chi connectivity index (χ4n) is 7.67. The summed E-state index contributed by atoms with van der Waals surface area (Å²) in [5.74, 6) is 1.90. The molecule has 0 aliphatic rings. The number of hydrogen-bond donors (Lipinski definition) is 0. The zero-order chi connectivity index (χ0) is 36.0. The molecule has 5 heteroatoms. The van der Waals surface area contributed by atoms with E-state index < -0.39 is 0 Å². The third-order valence-electron chi connectivity index (χ3n) is 10.5. The highest BCUT2D eigenvalue weighted by Crippen LogP contribution is 2.40. The van der Waals surface area contributed by atoms with Gasteiger partial charge < -0.3 is 8.98 Å². The average Bonchev–Trinajstić information content (AvgIpc) is 3.80. The van der Waals surface area contributed by atoms with Gasteiger partial charge in [-0.1, -0.05) is 135 Å². The van der Waals surface area contributed by atoms with Crippen molar-refractivity contribution in [1.29, 1.82) is 0 Å². The van der Waals surface area contributed by atoms with Crippen molar-refractivity contribution in [3.63, 3.8) is 0 Å². The van der Waals surface area contributed by atoms with Crippen molar-refractivity contribution in [2.75, 3.05) is 0 Å². The summed E-state index contributed by atoms with van der Waals surface area (Å²) < 4.78 is 8.88. The highest BCUT2D eigenvalue weighted by atomic mass is 16.3.